The van der Waals surface area contributed by atoms with Crippen molar-refractivity contribution in [2.45, 2.75) is 51.7 Å². The second-order valence-corrected chi connectivity index (χ2v) is 8.81. The fraction of sp³-hybridized carbons (Fsp3) is 0.286. The lowest BCUT2D eigenvalue weighted by Gasteiger charge is -2.32. The van der Waals surface area contributed by atoms with Gasteiger partial charge in [0.2, 0.25) is 11.8 Å². The minimum absolute atomic E-state index is 0.00995. The molecular formula is C28H30ClFN2O2. The molecule has 2 atom stereocenters. The number of benzene rings is 3. The van der Waals surface area contributed by atoms with E-state index in [4.69, 9.17) is 11.6 Å². The molecule has 0 heterocycles. The summed E-state index contributed by atoms with van der Waals surface area (Å²) in [6.45, 7) is 3.88. The molecule has 34 heavy (non-hydrogen) atoms. The Labute approximate surface area is 205 Å². The van der Waals surface area contributed by atoms with Crippen molar-refractivity contribution in [1.29, 1.82) is 0 Å². The predicted octanol–water partition coefficient (Wildman–Crippen LogP) is 5.58. The summed E-state index contributed by atoms with van der Waals surface area (Å²) in [5.74, 6) is -0.975. The molecule has 3 rings (SSSR count). The molecule has 0 aromatic heterocycles. The number of carbonyl (C=O) groups excluding carboxylic acids is 2. The van der Waals surface area contributed by atoms with E-state index in [-0.39, 0.29) is 30.8 Å². The summed E-state index contributed by atoms with van der Waals surface area (Å²) < 4.78 is 14.6. The van der Waals surface area contributed by atoms with Crippen LogP contribution in [0.5, 0.6) is 0 Å². The van der Waals surface area contributed by atoms with Gasteiger partial charge in [-0.1, -0.05) is 85.3 Å². The van der Waals surface area contributed by atoms with E-state index in [2.05, 4.69) is 5.32 Å². The van der Waals surface area contributed by atoms with Crippen LogP contribution in [-0.4, -0.2) is 28.8 Å². The van der Waals surface area contributed by atoms with Crippen LogP contribution in [0.3, 0.4) is 0 Å². The maximum absolute atomic E-state index is 14.6. The van der Waals surface area contributed by atoms with Crippen LogP contribution in [0.4, 0.5) is 4.39 Å². The van der Waals surface area contributed by atoms with Gasteiger partial charge in [0.05, 0.1) is 6.42 Å². The minimum Gasteiger partial charge on any atom is -0.352 e. The quantitative estimate of drug-likeness (QED) is 0.412. The number of hydrogen-bond donors (Lipinski definition) is 1. The van der Waals surface area contributed by atoms with E-state index in [0.29, 0.717) is 22.6 Å². The number of halogens is 2. The first-order valence-electron chi connectivity index (χ1n) is 11.5. The topological polar surface area (TPSA) is 49.4 Å². The zero-order valence-corrected chi connectivity index (χ0v) is 20.3. The molecule has 2 amide bonds. The molecule has 0 unspecified atom stereocenters. The van der Waals surface area contributed by atoms with Crippen LogP contribution in [0.1, 0.15) is 37.0 Å². The van der Waals surface area contributed by atoms with Crippen molar-refractivity contribution >= 4 is 23.4 Å². The monoisotopic (exact) mass is 480 g/mol. The van der Waals surface area contributed by atoms with Crippen molar-refractivity contribution in [2.75, 3.05) is 0 Å². The molecule has 0 aliphatic carbocycles. The summed E-state index contributed by atoms with van der Waals surface area (Å²) >= 11 is 6.31. The van der Waals surface area contributed by atoms with E-state index in [0.717, 1.165) is 12.0 Å². The van der Waals surface area contributed by atoms with Gasteiger partial charge in [0.1, 0.15) is 11.9 Å². The lowest BCUT2D eigenvalue weighted by molar-refractivity contribution is -0.141. The lowest BCUT2D eigenvalue weighted by Crippen LogP contribution is -2.52. The van der Waals surface area contributed by atoms with Crippen molar-refractivity contribution in [2.24, 2.45) is 0 Å². The molecule has 6 heteroatoms. The number of amides is 2. The Morgan fingerprint density at radius 1 is 0.941 bits per heavy atom. The van der Waals surface area contributed by atoms with E-state index >= 15 is 0 Å². The third-order valence-corrected chi connectivity index (χ3v) is 6.24. The van der Waals surface area contributed by atoms with Gasteiger partial charge in [-0.05, 0) is 36.6 Å². The second kappa shape index (κ2) is 12.3. The number of hydrogen-bond acceptors (Lipinski definition) is 2. The van der Waals surface area contributed by atoms with E-state index in [1.54, 1.807) is 36.4 Å². The second-order valence-electron chi connectivity index (χ2n) is 8.40. The lowest BCUT2D eigenvalue weighted by atomic mass is 10.0. The van der Waals surface area contributed by atoms with Crippen LogP contribution in [0.15, 0.2) is 78.9 Å². The summed E-state index contributed by atoms with van der Waals surface area (Å²) in [5, 5.41) is 3.49. The molecule has 0 saturated heterocycles. The normalized spacial score (nSPS) is 12.6. The Balaban J connectivity index is 2.00. The van der Waals surface area contributed by atoms with Crippen LogP contribution in [0.2, 0.25) is 5.02 Å². The SMILES string of the molecule is CC[C@H](C)NC(=O)[C@@H](Cc1ccccc1)N(Cc1ccccc1F)C(=O)Cc1ccccc1Cl. The molecule has 3 aromatic carbocycles. The van der Waals surface area contributed by atoms with E-state index < -0.39 is 11.9 Å². The highest BCUT2D eigenvalue weighted by molar-refractivity contribution is 6.31. The van der Waals surface area contributed by atoms with Crippen molar-refractivity contribution in [1.82, 2.24) is 10.2 Å². The van der Waals surface area contributed by atoms with Crippen LogP contribution >= 0.6 is 11.6 Å². The Morgan fingerprint density at radius 2 is 1.56 bits per heavy atom. The molecule has 4 nitrogen and oxygen atoms in total. The van der Waals surface area contributed by atoms with E-state index in [1.807, 2.05) is 50.2 Å². The highest BCUT2D eigenvalue weighted by atomic mass is 35.5. The fourth-order valence-corrected chi connectivity index (χ4v) is 3.91. The Morgan fingerprint density at radius 3 is 2.21 bits per heavy atom. The van der Waals surface area contributed by atoms with Crippen LogP contribution < -0.4 is 5.32 Å². The molecule has 0 saturated carbocycles. The third kappa shape index (κ3) is 6.91. The predicted molar refractivity (Wildman–Crippen MR) is 134 cm³/mol. The number of rotatable bonds is 10. The van der Waals surface area contributed by atoms with Crippen molar-refractivity contribution in [3.05, 3.63) is 106 Å². The maximum atomic E-state index is 14.6. The first-order chi connectivity index (χ1) is 16.4. The molecule has 3 aromatic rings. The number of carbonyl (C=O) groups is 2. The van der Waals surface area contributed by atoms with Gasteiger partial charge < -0.3 is 10.2 Å². The third-order valence-electron chi connectivity index (χ3n) is 5.87. The molecule has 0 aliphatic rings. The summed E-state index contributed by atoms with van der Waals surface area (Å²) in [4.78, 5) is 28.5. The van der Waals surface area contributed by atoms with Crippen molar-refractivity contribution in [3.8, 4) is 0 Å². The molecule has 1 N–H and O–H groups in total. The smallest absolute Gasteiger partial charge is 0.243 e. The fourth-order valence-electron chi connectivity index (χ4n) is 3.71. The molecule has 178 valence electrons. The highest BCUT2D eigenvalue weighted by Crippen LogP contribution is 2.21. The minimum atomic E-state index is -0.814. The maximum Gasteiger partial charge on any atom is 0.243 e. The Bertz CT molecular complexity index is 1110. The summed E-state index contributed by atoms with van der Waals surface area (Å²) in [6, 6.07) is 22.1. The molecule has 0 spiro atoms. The van der Waals surface area contributed by atoms with Gasteiger partial charge in [-0.25, -0.2) is 4.39 Å². The van der Waals surface area contributed by atoms with E-state index in [9.17, 15) is 14.0 Å². The molecule has 0 bridgehead atoms. The summed E-state index contributed by atoms with van der Waals surface area (Å²) in [6.07, 6.45) is 1.08. The largest absolute Gasteiger partial charge is 0.352 e. The van der Waals surface area contributed by atoms with Crippen LogP contribution in [0.25, 0.3) is 0 Å². The zero-order valence-electron chi connectivity index (χ0n) is 19.5. The molecule has 0 fully saturated rings. The number of nitrogens with zero attached hydrogens (tertiary/aromatic N) is 1. The van der Waals surface area contributed by atoms with Crippen LogP contribution in [0, 0.1) is 5.82 Å². The van der Waals surface area contributed by atoms with E-state index in [1.165, 1.54) is 11.0 Å². The van der Waals surface area contributed by atoms with Gasteiger partial charge in [0.25, 0.3) is 0 Å². The van der Waals surface area contributed by atoms with Gasteiger partial charge in [0.15, 0.2) is 0 Å². The van der Waals surface area contributed by atoms with Gasteiger partial charge in [0, 0.05) is 29.6 Å². The van der Waals surface area contributed by atoms with Gasteiger partial charge in [-0.15, -0.1) is 0 Å². The van der Waals surface area contributed by atoms with Gasteiger partial charge in [-0.2, -0.15) is 0 Å². The zero-order chi connectivity index (χ0) is 24.5. The van der Waals surface area contributed by atoms with Crippen LogP contribution in [-0.2, 0) is 29.0 Å². The highest BCUT2D eigenvalue weighted by Gasteiger charge is 2.31. The molecule has 0 aliphatic heterocycles. The standard InChI is InChI=1S/C28H30ClFN2O2/c1-3-20(2)31-28(34)26(17-21-11-5-4-6-12-21)32(19-23-14-8-10-16-25(23)30)27(33)18-22-13-7-9-15-24(22)29/h4-16,20,26H,3,17-19H2,1-2H3,(H,31,34)/t20-,26+/m0/s1. The average Bonchev–Trinajstić information content (AvgIpc) is 2.84. The van der Waals surface area contributed by atoms with Gasteiger partial charge in [-0.3, -0.25) is 9.59 Å². The summed E-state index contributed by atoms with van der Waals surface area (Å²) in [7, 11) is 0. The van der Waals surface area contributed by atoms with Gasteiger partial charge >= 0.3 is 0 Å². The molecular weight excluding hydrogens is 451 g/mol. The first-order valence-corrected chi connectivity index (χ1v) is 11.9. The Kier molecular flexibility index (Phi) is 9.23. The average molecular weight is 481 g/mol. The Hall–Kier alpha value is -3.18. The first kappa shape index (κ1) is 25.4. The van der Waals surface area contributed by atoms with Crippen molar-refractivity contribution in [3.63, 3.8) is 0 Å². The number of nitrogens with one attached hydrogen (secondary N) is 1. The summed E-state index contributed by atoms with van der Waals surface area (Å²) in [5.41, 5.74) is 1.92. The van der Waals surface area contributed by atoms with Crippen molar-refractivity contribution < 1.29 is 14.0 Å². The molecule has 0 radical (unpaired) electrons.